The molecule has 10 heteroatoms. The lowest BCUT2D eigenvalue weighted by Crippen LogP contribution is -2.48. The predicted molar refractivity (Wildman–Crippen MR) is 121 cm³/mol. The molecule has 0 radical (unpaired) electrons. The minimum atomic E-state index is 0.132. The topological polar surface area (TPSA) is 84.7 Å². The molecule has 1 aliphatic rings. The number of aromatic nitrogens is 5. The summed E-state index contributed by atoms with van der Waals surface area (Å²) in [5, 5.41) is 9.24. The maximum absolute atomic E-state index is 12.8. The number of nitrogens with zero attached hydrogens (tertiary/aromatic N) is 7. The van der Waals surface area contributed by atoms with Crippen LogP contribution in [0.3, 0.4) is 0 Å². The van der Waals surface area contributed by atoms with Crippen LogP contribution in [-0.2, 0) is 17.9 Å². The van der Waals surface area contributed by atoms with Crippen LogP contribution in [0.25, 0.3) is 17.2 Å². The molecule has 0 spiro atoms. The van der Waals surface area contributed by atoms with Crippen LogP contribution in [0.5, 0.6) is 0 Å². The summed E-state index contributed by atoms with van der Waals surface area (Å²) < 4.78 is 9.46. The smallest absolute Gasteiger partial charge is 0.233 e. The van der Waals surface area contributed by atoms with Crippen LogP contribution in [-0.4, -0.2) is 71.8 Å². The van der Waals surface area contributed by atoms with E-state index in [1.807, 2.05) is 57.3 Å². The Balaban J connectivity index is 1.13. The number of carbonyl (C=O) groups excluding carboxylic acids is 1. The van der Waals surface area contributed by atoms with Gasteiger partial charge in [0.25, 0.3) is 0 Å². The Morgan fingerprint density at radius 3 is 2.75 bits per heavy atom. The fourth-order valence-corrected chi connectivity index (χ4v) is 4.84. The fourth-order valence-electron chi connectivity index (χ4n) is 3.93. The summed E-state index contributed by atoms with van der Waals surface area (Å²) in [7, 11) is 0. The van der Waals surface area contributed by atoms with Crippen molar-refractivity contribution < 1.29 is 9.21 Å². The quantitative estimate of drug-likeness (QED) is 0.399. The zero-order valence-electron chi connectivity index (χ0n) is 17.9. The van der Waals surface area contributed by atoms with E-state index < -0.39 is 0 Å². The van der Waals surface area contributed by atoms with Crippen LogP contribution >= 0.6 is 11.8 Å². The van der Waals surface area contributed by atoms with Crippen molar-refractivity contribution in [3.8, 4) is 11.6 Å². The van der Waals surface area contributed by atoms with Gasteiger partial charge in [-0.1, -0.05) is 17.8 Å². The maximum atomic E-state index is 12.8. The second-order valence-corrected chi connectivity index (χ2v) is 8.61. The van der Waals surface area contributed by atoms with Crippen molar-refractivity contribution in [1.82, 2.24) is 33.9 Å². The van der Waals surface area contributed by atoms with Crippen LogP contribution in [0.15, 0.2) is 58.6 Å². The Morgan fingerprint density at radius 2 is 2.00 bits per heavy atom. The molecule has 4 aromatic heterocycles. The molecule has 1 aliphatic heterocycles. The van der Waals surface area contributed by atoms with Gasteiger partial charge in [0, 0.05) is 51.7 Å². The Bertz CT molecular complexity index is 1160. The molecule has 32 heavy (non-hydrogen) atoms. The number of amides is 1. The third-order valence-electron chi connectivity index (χ3n) is 5.62. The molecule has 1 saturated heterocycles. The van der Waals surface area contributed by atoms with Crippen LogP contribution in [0.1, 0.15) is 12.6 Å². The first kappa shape index (κ1) is 20.8. The normalized spacial score (nSPS) is 15.0. The van der Waals surface area contributed by atoms with Crippen molar-refractivity contribution in [3.05, 3.63) is 54.7 Å². The van der Waals surface area contributed by atoms with E-state index in [0.717, 1.165) is 49.2 Å². The second kappa shape index (κ2) is 9.17. The Hall–Kier alpha value is -3.11. The highest BCUT2D eigenvalue weighted by atomic mass is 32.2. The lowest BCUT2D eigenvalue weighted by atomic mass is 10.3. The van der Waals surface area contributed by atoms with Crippen molar-refractivity contribution in [2.75, 3.05) is 31.9 Å². The van der Waals surface area contributed by atoms with E-state index in [2.05, 4.69) is 26.3 Å². The maximum Gasteiger partial charge on any atom is 0.233 e. The van der Waals surface area contributed by atoms with Gasteiger partial charge >= 0.3 is 0 Å². The number of imidazole rings is 1. The summed E-state index contributed by atoms with van der Waals surface area (Å²) in [6, 6.07) is 9.70. The van der Waals surface area contributed by atoms with Gasteiger partial charge in [-0.3, -0.25) is 14.3 Å². The van der Waals surface area contributed by atoms with Crippen molar-refractivity contribution in [2.24, 2.45) is 0 Å². The Morgan fingerprint density at radius 1 is 1.12 bits per heavy atom. The van der Waals surface area contributed by atoms with Crippen LogP contribution in [0.4, 0.5) is 0 Å². The third-order valence-corrected chi connectivity index (χ3v) is 6.58. The van der Waals surface area contributed by atoms with E-state index in [4.69, 9.17) is 4.42 Å². The van der Waals surface area contributed by atoms with Crippen LogP contribution in [0.2, 0.25) is 0 Å². The highest BCUT2D eigenvalue weighted by molar-refractivity contribution is 7.99. The second-order valence-electron chi connectivity index (χ2n) is 7.67. The third kappa shape index (κ3) is 4.28. The van der Waals surface area contributed by atoms with Gasteiger partial charge in [0.05, 0.1) is 17.7 Å². The minimum absolute atomic E-state index is 0.132. The average molecular weight is 452 g/mol. The highest BCUT2D eigenvalue weighted by Gasteiger charge is 2.23. The van der Waals surface area contributed by atoms with Crippen molar-refractivity contribution in [1.29, 1.82) is 0 Å². The first-order valence-corrected chi connectivity index (χ1v) is 11.7. The molecule has 0 aliphatic carbocycles. The molecule has 5 heterocycles. The van der Waals surface area contributed by atoms with Gasteiger partial charge in [-0.2, -0.15) is 0 Å². The summed E-state index contributed by atoms with van der Waals surface area (Å²) in [5.41, 5.74) is 2.02. The summed E-state index contributed by atoms with van der Waals surface area (Å²) in [6.07, 6.45) is 5.70. The first-order chi connectivity index (χ1) is 15.7. The summed E-state index contributed by atoms with van der Waals surface area (Å²) in [4.78, 5) is 21.7. The van der Waals surface area contributed by atoms with E-state index in [1.54, 1.807) is 6.26 Å². The van der Waals surface area contributed by atoms with Gasteiger partial charge < -0.3 is 13.7 Å². The lowest BCUT2D eigenvalue weighted by Gasteiger charge is -2.34. The van der Waals surface area contributed by atoms with Gasteiger partial charge in [-0.15, -0.1) is 10.2 Å². The van der Waals surface area contributed by atoms with Crippen molar-refractivity contribution in [3.63, 3.8) is 0 Å². The first-order valence-electron chi connectivity index (χ1n) is 10.7. The van der Waals surface area contributed by atoms with E-state index in [1.165, 1.54) is 11.8 Å². The molecular formula is C22H25N7O2S. The lowest BCUT2D eigenvalue weighted by molar-refractivity contribution is -0.130. The molecule has 1 fully saturated rings. The van der Waals surface area contributed by atoms with E-state index in [-0.39, 0.29) is 5.91 Å². The number of carbonyl (C=O) groups is 1. The summed E-state index contributed by atoms with van der Waals surface area (Å²) in [6.45, 7) is 6.69. The van der Waals surface area contributed by atoms with E-state index in [0.29, 0.717) is 23.9 Å². The number of thioether (sulfide) groups is 1. The minimum Gasteiger partial charge on any atom is -0.461 e. The van der Waals surface area contributed by atoms with Crippen LogP contribution in [0, 0.1) is 0 Å². The average Bonchev–Trinajstić information content (AvgIpc) is 3.56. The molecule has 0 N–H and O–H groups in total. The standard InChI is InChI=1S/C22H25N7O2S/c1-2-29-21(18-6-5-13-31-18)24-25-22(29)32-16-20(30)27-11-9-26(10-12-27)14-17-15-28-8-4-3-7-19(28)23-17/h3-8,13,15H,2,9-12,14,16H2,1H3. The van der Waals surface area contributed by atoms with Crippen molar-refractivity contribution in [2.45, 2.75) is 25.2 Å². The van der Waals surface area contributed by atoms with E-state index >= 15 is 0 Å². The molecule has 5 rings (SSSR count). The molecule has 0 atom stereocenters. The Kier molecular flexibility index (Phi) is 5.95. The molecule has 4 aromatic rings. The summed E-state index contributed by atoms with van der Waals surface area (Å²) in [5.74, 6) is 1.85. The molecule has 1 amide bonds. The van der Waals surface area contributed by atoms with Gasteiger partial charge in [-0.05, 0) is 31.2 Å². The van der Waals surface area contributed by atoms with Crippen molar-refractivity contribution >= 4 is 23.3 Å². The number of fused-ring (bicyclic) bond motifs is 1. The molecule has 0 bridgehead atoms. The van der Waals surface area contributed by atoms with Gasteiger partial charge in [0.2, 0.25) is 5.91 Å². The molecule has 9 nitrogen and oxygen atoms in total. The number of pyridine rings is 1. The molecular weight excluding hydrogens is 426 g/mol. The Labute approximate surface area is 190 Å². The van der Waals surface area contributed by atoms with Gasteiger partial charge in [0.15, 0.2) is 16.7 Å². The van der Waals surface area contributed by atoms with Gasteiger partial charge in [0.1, 0.15) is 5.65 Å². The SMILES string of the molecule is CCn1c(SCC(=O)N2CCN(Cc3cn4ccccc4n3)CC2)nnc1-c1ccco1. The largest absolute Gasteiger partial charge is 0.461 e. The number of hydrogen-bond donors (Lipinski definition) is 0. The monoisotopic (exact) mass is 451 g/mol. The predicted octanol–water partition coefficient (Wildman–Crippen LogP) is 2.64. The number of rotatable bonds is 7. The number of hydrogen-bond acceptors (Lipinski definition) is 7. The zero-order chi connectivity index (χ0) is 21.9. The molecule has 0 unspecified atom stereocenters. The molecule has 166 valence electrons. The zero-order valence-corrected chi connectivity index (χ0v) is 18.7. The number of furan rings is 1. The molecule has 0 aromatic carbocycles. The molecule has 0 saturated carbocycles. The van der Waals surface area contributed by atoms with Gasteiger partial charge in [-0.25, -0.2) is 4.98 Å². The summed E-state index contributed by atoms with van der Waals surface area (Å²) >= 11 is 1.43. The van der Waals surface area contributed by atoms with E-state index in [9.17, 15) is 4.79 Å². The highest BCUT2D eigenvalue weighted by Crippen LogP contribution is 2.24. The fraction of sp³-hybridized carbons (Fsp3) is 0.364. The number of piperazine rings is 1. The van der Waals surface area contributed by atoms with Crippen LogP contribution < -0.4 is 0 Å².